The minimum atomic E-state index is -3.59. The Labute approximate surface area is 143 Å². The number of hydrogen-bond acceptors (Lipinski definition) is 3. The largest absolute Gasteiger partial charge is 0.393 e. The molecule has 1 fully saturated rings. The Bertz CT molecular complexity index is 798. The molecular weight excluding hydrogens is 322 g/mol. The van der Waals surface area contributed by atoms with Gasteiger partial charge in [-0.05, 0) is 44.4 Å². The van der Waals surface area contributed by atoms with Gasteiger partial charge in [-0.2, -0.15) is 4.31 Å². The molecule has 1 saturated heterocycles. The van der Waals surface area contributed by atoms with E-state index in [1.165, 1.54) is 4.31 Å². The highest BCUT2D eigenvalue weighted by Gasteiger charge is 2.37. The fourth-order valence-corrected chi connectivity index (χ4v) is 4.79. The van der Waals surface area contributed by atoms with Crippen molar-refractivity contribution in [3.05, 3.63) is 65.2 Å². The second-order valence-electron chi connectivity index (χ2n) is 6.53. The lowest BCUT2D eigenvalue weighted by Crippen LogP contribution is -2.42. The zero-order valence-corrected chi connectivity index (χ0v) is 14.8. The third-order valence-corrected chi connectivity index (χ3v) is 6.54. The molecule has 5 heteroatoms. The molecule has 0 aromatic heterocycles. The molecule has 0 aliphatic carbocycles. The molecule has 3 rings (SSSR count). The lowest BCUT2D eigenvalue weighted by Gasteiger charge is -2.37. The smallest absolute Gasteiger partial charge is 0.243 e. The standard InChI is InChI=1S/C19H23NO3S/c1-14-3-7-16(8-4-14)19-13-17(21)11-12-20(19)24(22,23)18-9-5-15(2)6-10-18/h3-10,17,19,21H,11-13H2,1-2H3/t17-,19-/m0/s1. The molecule has 128 valence electrons. The van der Waals surface area contributed by atoms with Crippen LogP contribution in [0.15, 0.2) is 53.4 Å². The zero-order valence-electron chi connectivity index (χ0n) is 14.0. The van der Waals surface area contributed by atoms with E-state index >= 15 is 0 Å². The molecule has 2 aromatic carbocycles. The van der Waals surface area contributed by atoms with Crippen molar-refractivity contribution in [1.82, 2.24) is 4.31 Å². The number of aryl methyl sites for hydroxylation is 2. The number of rotatable bonds is 3. The van der Waals surface area contributed by atoms with Crippen molar-refractivity contribution in [1.29, 1.82) is 0 Å². The Balaban J connectivity index is 1.99. The SMILES string of the molecule is Cc1ccc([C@@H]2C[C@@H](O)CCN2S(=O)(=O)c2ccc(C)cc2)cc1. The van der Waals surface area contributed by atoms with Gasteiger partial charge in [0.15, 0.2) is 0 Å². The van der Waals surface area contributed by atoms with Gasteiger partial charge in [0.05, 0.1) is 17.0 Å². The highest BCUT2D eigenvalue weighted by molar-refractivity contribution is 7.89. The number of piperidine rings is 1. The second-order valence-corrected chi connectivity index (χ2v) is 8.42. The molecule has 1 N–H and O–H groups in total. The van der Waals surface area contributed by atoms with Gasteiger partial charge in [0.2, 0.25) is 10.0 Å². The Hall–Kier alpha value is -1.69. The van der Waals surface area contributed by atoms with Crippen LogP contribution >= 0.6 is 0 Å². The maximum Gasteiger partial charge on any atom is 0.243 e. The molecule has 0 radical (unpaired) electrons. The van der Waals surface area contributed by atoms with E-state index in [9.17, 15) is 13.5 Å². The van der Waals surface area contributed by atoms with Crippen molar-refractivity contribution in [2.45, 2.75) is 43.7 Å². The summed E-state index contributed by atoms with van der Waals surface area (Å²) in [6.07, 6.45) is 0.419. The van der Waals surface area contributed by atoms with Crippen LogP contribution in [0.3, 0.4) is 0 Å². The molecule has 24 heavy (non-hydrogen) atoms. The van der Waals surface area contributed by atoms with Gasteiger partial charge in [0.25, 0.3) is 0 Å². The van der Waals surface area contributed by atoms with Crippen molar-refractivity contribution in [3.8, 4) is 0 Å². The van der Waals surface area contributed by atoms with Crippen molar-refractivity contribution in [2.75, 3.05) is 6.54 Å². The average Bonchev–Trinajstić information content (AvgIpc) is 2.55. The summed E-state index contributed by atoms with van der Waals surface area (Å²) >= 11 is 0. The van der Waals surface area contributed by atoms with Gasteiger partial charge in [0, 0.05) is 6.54 Å². The van der Waals surface area contributed by atoms with Crippen LogP contribution in [0, 0.1) is 13.8 Å². The van der Waals surface area contributed by atoms with Gasteiger partial charge >= 0.3 is 0 Å². The van der Waals surface area contributed by atoms with Crippen LogP contribution in [-0.2, 0) is 10.0 Å². The van der Waals surface area contributed by atoms with E-state index in [1.54, 1.807) is 12.1 Å². The summed E-state index contributed by atoms with van der Waals surface area (Å²) in [6.45, 7) is 4.26. The molecule has 2 aromatic rings. The molecule has 0 unspecified atom stereocenters. The van der Waals surface area contributed by atoms with Gasteiger partial charge in [-0.25, -0.2) is 8.42 Å². The Morgan fingerprint density at radius 2 is 1.50 bits per heavy atom. The molecular formula is C19H23NO3S. The van der Waals surface area contributed by atoms with Crippen LogP contribution < -0.4 is 0 Å². The van der Waals surface area contributed by atoms with Crippen LogP contribution in [0.5, 0.6) is 0 Å². The Kier molecular flexibility index (Phi) is 4.76. The second kappa shape index (κ2) is 6.67. The third kappa shape index (κ3) is 3.38. The van der Waals surface area contributed by atoms with Gasteiger partial charge in [-0.1, -0.05) is 47.5 Å². The van der Waals surface area contributed by atoms with E-state index in [-0.39, 0.29) is 6.04 Å². The van der Waals surface area contributed by atoms with Crippen molar-refractivity contribution in [3.63, 3.8) is 0 Å². The summed E-state index contributed by atoms with van der Waals surface area (Å²) < 4.78 is 27.7. The number of benzene rings is 2. The van der Waals surface area contributed by atoms with E-state index < -0.39 is 16.1 Å². The summed E-state index contributed by atoms with van der Waals surface area (Å²) in [5.41, 5.74) is 3.08. The van der Waals surface area contributed by atoms with Gasteiger partial charge in [0.1, 0.15) is 0 Å². The highest BCUT2D eigenvalue weighted by atomic mass is 32.2. The molecule has 0 saturated carbocycles. The van der Waals surface area contributed by atoms with E-state index in [0.717, 1.165) is 16.7 Å². The molecule has 0 amide bonds. The molecule has 0 spiro atoms. The van der Waals surface area contributed by atoms with E-state index in [4.69, 9.17) is 0 Å². The maximum atomic E-state index is 13.1. The molecule has 1 aliphatic heterocycles. The summed E-state index contributed by atoms with van der Waals surface area (Å²) in [5.74, 6) is 0. The molecule has 2 atom stereocenters. The van der Waals surface area contributed by atoms with Gasteiger partial charge < -0.3 is 5.11 Å². The fourth-order valence-electron chi connectivity index (χ4n) is 3.15. The summed E-state index contributed by atoms with van der Waals surface area (Å²) in [4.78, 5) is 0.307. The lowest BCUT2D eigenvalue weighted by molar-refractivity contribution is 0.0808. The van der Waals surface area contributed by atoms with E-state index in [1.807, 2.05) is 50.2 Å². The first kappa shape index (κ1) is 17.1. The van der Waals surface area contributed by atoms with Crippen molar-refractivity contribution >= 4 is 10.0 Å². The predicted molar refractivity (Wildman–Crippen MR) is 94.2 cm³/mol. The summed E-state index contributed by atoms with van der Waals surface area (Å²) in [7, 11) is -3.59. The first-order valence-electron chi connectivity index (χ1n) is 8.21. The maximum absolute atomic E-state index is 13.1. The fraction of sp³-hybridized carbons (Fsp3) is 0.368. The number of aliphatic hydroxyl groups excluding tert-OH is 1. The summed E-state index contributed by atoms with van der Waals surface area (Å²) in [6, 6.07) is 14.5. The minimum Gasteiger partial charge on any atom is -0.393 e. The van der Waals surface area contributed by atoms with Crippen LogP contribution in [0.25, 0.3) is 0 Å². The van der Waals surface area contributed by atoms with Crippen molar-refractivity contribution in [2.24, 2.45) is 0 Å². The summed E-state index contributed by atoms with van der Waals surface area (Å²) in [5, 5.41) is 10.1. The minimum absolute atomic E-state index is 0.307. The van der Waals surface area contributed by atoms with E-state index in [0.29, 0.717) is 24.3 Å². The number of nitrogens with zero attached hydrogens (tertiary/aromatic N) is 1. The molecule has 1 heterocycles. The Morgan fingerprint density at radius 3 is 2.08 bits per heavy atom. The first-order valence-corrected chi connectivity index (χ1v) is 9.65. The topological polar surface area (TPSA) is 57.6 Å². The number of aliphatic hydroxyl groups is 1. The van der Waals surface area contributed by atoms with Gasteiger partial charge in [-0.3, -0.25) is 0 Å². The molecule has 1 aliphatic rings. The van der Waals surface area contributed by atoms with Crippen molar-refractivity contribution < 1.29 is 13.5 Å². The van der Waals surface area contributed by atoms with Gasteiger partial charge in [-0.15, -0.1) is 0 Å². The molecule has 0 bridgehead atoms. The highest BCUT2D eigenvalue weighted by Crippen LogP contribution is 2.35. The van der Waals surface area contributed by atoms with Crippen LogP contribution in [0.4, 0.5) is 0 Å². The monoisotopic (exact) mass is 345 g/mol. The average molecular weight is 345 g/mol. The number of sulfonamides is 1. The molecule has 4 nitrogen and oxygen atoms in total. The van der Waals surface area contributed by atoms with Crippen LogP contribution in [0.1, 0.15) is 35.6 Å². The number of hydrogen-bond donors (Lipinski definition) is 1. The van der Waals surface area contributed by atoms with E-state index in [2.05, 4.69) is 0 Å². The van der Waals surface area contributed by atoms with Crippen LogP contribution in [0.2, 0.25) is 0 Å². The quantitative estimate of drug-likeness (QED) is 0.929. The lowest BCUT2D eigenvalue weighted by atomic mass is 9.95. The normalized spacial score (nSPS) is 22.5. The Morgan fingerprint density at radius 1 is 0.958 bits per heavy atom. The van der Waals surface area contributed by atoms with Crippen LogP contribution in [-0.4, -0.2) is 30.5 Å². The third-order valence-electron chi connectivity index (χ3n) is 4.62. The first-order chi connectivity index (χ1) is 11.4. The predicted octanol–water partition coefficient (Wildman–Crippen LogP) is 3.19. The zero-order chi connectivity index (χ0) is 17.3.